The molecule has 5 heteroatoms. The molecular weight excluding hydrogens is 280 g/mol. The van der Waals surface area contributed by atoms with Crippen LogP contribution in [0.15, 0.2) is 48.5 Å². The van der Waals surface area contributed by atoms with Crippen molar-refractivity contribution < 1.29 is 14.6 Å². The highest BCUT2D eigenvalue weighted by Gasteiger charge is 2.11. The number of para-hydroxylation sites is 2. The maximum atomic E-state index is 11.1. The van der Waals surface area contributed by atoms with Crippen molar-refractivity contribution in [1.29, 1.82) is 5.26 Å². The fourth-order valence-corrected chi connectivity index (χ4v) is 1.93. The Balaban J connectivity index is 2.03. The number of carbonyl (C=O) groups excluding carboxylic acids is 1. The molecule has 0 saturated heterocycles. The van der Waals surface area contributed by atoms with Gasteiger partial charge in [-0.15, -0.1) is 0 Å². The normalized spacial score (nSPS) is 11.3. The summed E-state index contributed by atoms with van der Waals surface area (Å²) in [7, 11) is 0. The van der Waals surface area contributed by atoms with Gasteiger partial charge in [0.2, 0.25) is 5.91 Å². The van der Waals surface area contributed by atoms with Crippen LogP contribution in [0.5, 0.6) is 5.75 Å². The number of anilines is 1. The van der Waals surface area contributed by atoms with Crippen LogP contribution in [-0.4, -0.2) is 17.6 Å². The molecule has 22 heavy (non-hydrogen) atoms. The third kappa shape index (κ3) is 4.08. The van der Waals surface area contributed by atoms with Crippen molar-refractivity contribution in [3.8, 4) is 11.8 Å². The van der Waals surface area contributed by atoms with Gasteiger partial charge in [-0.3, -0.25) is 4.79 Å². The lowest BCUT2D eigenvalue weighted by atomic mass is 10.1. The van der Waals surface area contributed by atoms with Crippen LogP contribution < -0.4 is 10.1 Å². The number of aliphatic hydroxyl groups is 1. The number of benzene rings is 2. The Morgan fingerprint density at radius 1 is 1.27 bits per heavy atom. The van der Waals surface area contributed by atoms with Crippen LogP contribution in [0.25, 0.3) is 0 Å². The van der Waals surface area contributed by atoms with Gasteiger partial charge in [0.25, 0.3) is 0 Å². The molecule has 1 atom stereocenters. The number of hydrogen-bond donors (Lipinski definition) is 2. The number of amides is 1. The molecule has 0 saturated carbocycles. The summed E-state index contributed by atoms with van der Waals surface area (Å²) in [6, 6.07) is 15.7. The molecule has 0 aliphatic heterocycles. The summed E-state index contributed by atoms with van der Waals surface area (Å²) in [5.74, 6) is 0.300. The first-order valence-electron chi connectivity index (χ1n) is 6.77. The van der Waals surface area contributed by atoms with Gasteiger partial charge < -0.3 is 15.2 Å². The fraction of sp³-hybridized carbons (Fsp3) is 0.176. The summed E-state index contributed by atoms with van der Waals surface area (Å²) < 4.78 is 5.58. The first-order valence-corrected chi connectivity index (χ1v) is 6.77. The molecule has 5 nitrogen and oxygen atoms in total. The van der Waals surface area contributed by atoms with Crippen LogP contribution in [0.1, 0.15) is 24.2 Å². The van der Waals surface area contributed by atoms with Crippen molar-refractivity contribution in [2.75, 3.05) is 11.9 Å². The molecule has 0 aliphatic carbocycles. The van der Waals surface area contributed by atoms with Crippen molar-refractivity contribution in [2.45, 2.75) is 13.0 Å². The third-order valence-electron chi connectivity index (χ3n) is 3.02. The van der Waals surface area contributed by atoms with E-state index in [0.29, 0.717) is 22.6 Å². The summed E-state index contributed by atoms with van der Waals surface area (Å²) in [4.78, 5) is 11.1. The Hall–Kier alpha value is -2.84. The molecule has 0 fully saturated rings. The molecule has 1 amide bonds. The first-order chi connectivity index (χ1) is 10.6. The molecule has 2 aromatic rings. The summed E-state index contributed by atoms with van der Waals surface area (Å²) in [5, 5.41) is 21.5. The molecule has 0 aliphatic rings. The second-order valence-electron chi connectivity index (χ2n) is 4.74. The Morgan fingerprint density at radius 3 is 2.59 bits per heavy atom. The van der Waals surface area contributed by atoms with Gasteiger partial charge in [0.05, 0.1) is 17.3 Å². The monoisotopic (exact) mass is 296 g/mol. The van der Waals surface area contributed by atoms with Gasteiger partial charge in [-0.2, -0.15) is 5.26 Å². The van der Waals surface area contributed by atoms with E-state index in [1.807, 2.05) is 6.07 Å². The molecular formula is C17H16N2O3. The Labute approximate surface area is 128 Å². The second kappa shape index (κ2) is 7.25. The number of hydrogen-bond acceptors (Lipinski definition) is 4. The average Bonchev–Trinajstić information content (AvgIpc) is 2.53. The zero-order valence-electron chi connectivity index (χ0n) is 12.1. The van der Waals surface area contributed by atoms with Crippen molar-refractivity contribution in [1.82, 2.24) is 0 Å². The zero-order valence-corrected chi connectivity index (χ0v) is 12.1. The van der Waals surface area contributed by atoms with E-state index in [0.717, 1.165) is 0 Å². The predicted molar refractivity (Wildman–Crippen MR) is 82.4 cm³/mol. The molecule has 2 rings (SSSR count). The average molecular weight is 296 g/mol. The van der Waals surface area contributed by atoms with Gasteiger partial charge in [0, 0.05) is 6.92 Å². The van der Waals surface area contributed by atoms with Crippen molar-refractivity contribution in [2.24, 2.45) is 0 Å². The lowest BCUT2D eigenvalue weighted by Crippen LogP contribution is -2.12. The van der Waals surface area contributed by atoms with E-state index in [-0.39, 0.29) is 12.5 Å². The van der Waals surface area contributed by atoms with Gasteiger partial charge >= 0.3 is 0 Å². The van der Waals surface area contributed by atoms with Crippen LogP contribution in [0.2, 0.25) is 0 Å². The van der Waals surface area contributed by atoms with E-state index in [4.69, 9.17) is 10.00 Å². The van der Waals surface area contributed by atoms with Crippen molar-refractivity contribution in [3.05, 3.63) is 59.7 Å². The van der Waals surface area contributed by atoms with E-state index in [1.54, 1.807) is 48.5 Å². The maximum absolute atomic E-state index is 11.1. The van der Waals surface area contributed by atoms with Crippen LogP contribution in [0.4, 0.5) is 5.69 Å². The molecule has 0 heterocycles. The molecule has 0 radical (unpaired) electrons. The Morgan fingerprint density at radius 2 is 1.95 bits per heavy atom. The molecule has 0 bridgehead atoms. The number of nitrogens with zero attached hydrogens (tertiary/aromatic N) is 1. The minimum Gasteiger partial charge on any atom is -0.488 e. The van der Waals surface area contributed by atoms with E-state index in [2.05, 4.69) is 5.32 Å². The summed E-state index contributed by atoms with van der Waals surface area (Å²) in [6.07, 6.45) is -0.821. The second-order valence-corrected chi connectivity index (χ2v) is 4.74. The Bertz CT molecular complexity index is 690. The van der Waals surface area contributed by atoms with Gasteiger partial charge in [-0.25, -0.2) is 0 Å². The molecule has 0 aromatic heterocycles. The predicted octanol–water partition coefficient (Wildman–Crippen LogP) is 2.63. The lowest BCUT2D eigenvalue weighted by Gasteiger charge is -2.15. The smallest absolute Gasteiger partial charge is 0.221 e. The third-order valence-corrected chi connectivity index (χ3v) is 3.02. The highest BCUT2D eigenvalue weighted by Crippen LogP contribution is 2.25. The zero-order chi connectivity index (χ0) is 15.9. The van der Waals surface area contributed by atoms with Gasteiger partial charge in [-0.05, 0) is 29.8 Å². The van der Waals surface area contributed by atoms with Crippen LogP contribution in [0, 0.1) is 11.3 Å². The number of aliphatic hydroxyl groups excluding tert-OH is 1. The lowest BCUT2D eigenvalue weighted by molar-refractivity contribution is -0.114. The van der Waals surface area contributed by atoms with Crippen LogP contribution in [-0.2, 0) is 4.79 Å². The molecule has 112 valence electrons. The van der Waals surface area contributed by atoms with E-state index in [1.165, 1.54) is 6.92 Å². The van der Waals surface area contributed by atoms with E-state index < -0.39 is 6.10 Å². The molecule has 0 spiro atoms. The summed E-state index contributed by atoms with van der Waals surface area (Å²) in [6.45, 7) is 1.46. The molecule has 2 N–H and O–H groups in total. The number of rotatable bonds is 5. The number of nitriles is 1. The van der Waals surface area contributed by atoms with Crippen LogP contribution >= 0.6 is 0 Å². The quantitative estimate of drug-likeness (QED) is 0.888. The van der Waals surface area contributed by atoms with Crippen molar-refractivity contribution >= 4 is 11.6 Å². The van der Waals surface area contributed by atoms with Gasteiger partial charge in [0.1, 0.15) is 18.5 Å². The minimum atomic E-state index is -0.821. The minimum absolute atomic E-state index is 0.0441. The summed E-state index contributed by atoms with van der Waals surface area (Å²) >= 11 is 0. The Kier molecular flexibility index (Phi) is 5.12. The molecule has 1 unspecified atom stereocenters. The topological polar surface area (TPSA) is 82.3 Å². The summed E-state index contributed by atoms with van der Waals surface area (Å²) in [5.41, 5.74) is 1.76. The highest BCUT2D eigenvalue weighted by molar-refractivity contribution is 5.90. The van der Waals surface area contributed by atoms with Crippen molar-refractivity contribution in [3.63, 3.8) is 0 Å². The van der Waals surface area contributed by atoms with Gasteiger partial charge in [-0.1, -0.05) is 24.3 Å². The first kappa shape index (κ1) is 15.5. The number of nitrogens with one attached hydrogen (secondary N) is 1. The SMILES string of the molecule is CC(=O)Nc1ccccc1OCC(O)c1ccc(C#N)cc1. The van der Waals surface area contributed by atoms with E-state index >= 15 is 0 Å². The van der Waals surface area contributed by atoms with Gasteiger partial charge in [0.15, 0.2) is 0 Å². The highest BCUT2D eigenvalue weighted by atomic mass is 16.5. The number of ether oxygens (including phenoxy) is 1. The standard InChI is InChI=1S/C17H16N2O3/c1-12(20)19-15-4-2-3-5-17(15)22-11-16(21)14-8-6-13(10-18)7-9-14/h2-9,16,21H,11H2,1H3,(H,19,20). The molecule has 2 aromatic carbocycles. The largest absolute Gasteiger partial charge is 0.488 e. The van der Waals surface area contributed by atoms with E-state index in [9.17, 15) is 9.90 Å². The maximum Gasteiger partial charge on any atom is 0.221 e. The fourth-order valence-electron chi connectivity index (χ4n) is 1.93. The van der Waals surface area contributed by atoms with Crippen LogP contribution in [0.3, 0.4) is 0 Å². The number of carbonyl (C=O) groups is 1.